The Kier molecular flexibility index (Phi) is 5.89. The summed E-state index contributed by atoms with van der Waals surface area (Å²) in [5.74, 6) is -1.30. The van der Waals surface area contributed by atoms with E-state index < -0.39 is 33.7 Å². The molecule has 1 N–H and O–H groups in total. The Balaban J connectivity index is 2.01. The van der Waals surface area contributed by atoms with Gasteiger partial charge < -0.3 is 18.4 Å². The van der Waals surface area contributed by atoms with Crippen LogP contribution in [0.1, 0.15) is 5.56 Å². The number of aromatic nitrogens is 1. The van der Waals surface area contributed by atoms with Crippen LogP contribution in [0.5, 0.6) is 5.75 Å². The summed E-state index contributed by atoms with van der Waals surface area (Å²) < 4.78 is 54.1. The second kappa shape index (κ2) is 8.03. The number of carboxylic acids is 1. The Morgan fingerprint density at radius 3 is 2.50 bits per heavy atom. The molecule has 28 heavy (non-hydrogen) atoms. The Hall–Kier alpha value is -2.21. The highest BCUT2D eigenvalue weighted by Crippen LogP contribution is 2.33. The maximum absolute atomic E-state index is 12.8. The van der Waals surface area contributed by atoms with Crippen LogP contribution >= 0.6 is 15.9 Å². The van der Waals surface area contributed by atoms with Gasteiger partial charge in [-0.25, -0.2) is 0 Å². The highest BCUT2D eigenvalue weighted by atomic mass is 79.9. The summed E-state index contributed by atoms with van der Waals surface area (Å²) in [5, 5.41) is 9.38. The van der Waals surface area contributed by atoms with Crippen LogP contribution in [0.3, 0.4) is 0 Å². The average molecular weight is 487 g/mol. The molecule has 3 rings (SSSR count). The summed E-state index contributed by atoms with van der Waals surface area (Å²) in [7, 11) is -4.28. The number of halogens is 1. The predicted octanol–water partition coefficient (Wildman–Crippen LogP) is 2.64. The maximum atomic E-state index is 12.8. The van der Waals surface area contributed by atoms with Crippen LogP contribution in [0.4, 0.5) is 0 Å². The lowest BCUT2D eigenvalue weighted by molar-refractivity contribution is -0.137. The van der Waals surface area contributed by atoms with Crippen LogP contribution in [0, 0.1) is 0 Å². The van der Waals surface area contributed by atoms with Crippen LogP contribution in [-0.2, 0) is 38.3 Å². The van der Waals surface area contributed by atoms with Crippen LogP contribution in [0.2, 0.25) is 0 Å². The number of carbonyl (C=O) groups is 1. The zero-order valence-corrected chi connectivity index (χ0v) is 17.3. The van der Waals surface area contributed by atoms with E-state index in [1.54, 1.807) is 18.2 Å². The summed E-state index contributed by atoms with van der Waals surface area (Å²) in [6.45, 7) is -0.413. The van der Waals surface area contributed by atoms with Crippen molar-refractivity contribution in [3.63, 3.8) is 0 Å². The number of benzene rings is 2. The lowest BCUT2D eigenvalue weighted by Crippen LogP contribution is -2.10. The number of carboxylic acid groups (broad SMARTS) is 1. The molecule has 0 aliphatic heterocycles. The largest absolute Gasteiger partial charge is 0.772 e. The van der Waals surface area contributed by atoms with Gasteiger partial charge >= 0.3 is 16.1 Å². The molecule has 0 saturated carbocycles. The van der Waals surface area contributed by atoms with Crippen molar-refractivity contribution in [3.8, 4) is 5.75 Å². The molecule has 2 aromatic carbocycles. The first-order valence-electron chi connectivity index (χ1n) is 7.76. The van der Waals surface area contributed by atoms with Crippen LogP contribution < -0.4 is 4.18 Å². The predicted molar refractivity (Wildman–Crippen MR) is 104 cm³/mol. The minimum atomic E-state index is -4.28. The summed E-state index contributed by atoms with van der Waals surface area (Å²) in [6.07, 6.45) is 1.22. The van der Waals surface area contributed by atoms with Gasteiger partial charge in [-0.1, -0.05) is 45.2 Å². The lowest BCUT2D eigenvalue weighted by atomic mass is 10.2. The molecule has 1 heterocycles. The van der Waals surface area contributed by atoms with E-state index >= 15 is 0 Å². The van der Waals surface area contributed by atoms with Crippen molar-refractivity contribution in [3.05, 3.63) is 58.7 Å². The fourth-order valence-corrected chi connectivity index (χ4v) is 5.03. The van der Waals surface area contributed by atoms with Gasteiger partial charge in [0.1, 0.15) is 17.2 Å². The van der Waals surface area contributed by atoms with E-state index in [4.69, 9.17) is 9.29 Å². The standard InChI is InChI=1S/C17H14BrNO7S2/c18-13-2-1-3-14-17(13)15(8-19(14)9-16(20)21)28(24,25)26-12-6-4-11(5-7-12)10-27(22)23/h1-8H,9-10H2,(H,20,21)(H,22,23)/p-1. The molecule has 3 aromatic rings. The van der Waals surface area contributed by atoms with Crippen molar-refractivity contribution in [2.75, 3.05) is 0 Å². The normalized spacial score (nSPS) is 12.8. The fourth-order valence-electron chi connectivity index (χ4n) is 2.69. The molecular weight excluding hydrogens is 474 g/mol. The molecule has 0 amide bonds. The molecule has 1 aromatic heterocycles. The monoisotopic (exact) mass is 486 g/mol. The molecule has 0 aliphatic carbocycles. The van der Waals surface area contributed by atoms with Crippen LogP contribution in [0.15, 0.2) is 58.0 Å². The molecule has 1 unspecified atom stereocenters. The Labute approximate surface area is 171 Å². The van der Waals surface area contributed by atoms with Gasteiger partial charge in [0.05, 0.1) is 5.52 Å². The van der Waals surface area contributed by atoms with E-state index in [0.29, 0.717) is 20.9 Å². The van der Waals surface area contributed by atoms with Crippen LogP contribution in [0.25, 0.3) is 10.9 Å². The third-order valence-corrected chi connectivity index (χ3v) is 6.30. The SMILES string of the molecule is O=C(O)Cn1cc(S(=O)(=O)Oc2ccc(CS(=O)[O-])cc2)c2c(Br)cccc21. The van der Waals surface area contributed by atoms with Crippen molar-refractivity contribution in [2.24, 2.45) is 0 Å². The van der Waals surface area contributed by atoms with Gasteiger partial charge in [-0.2, -0.15) is 8.42 Å². The number of hydrogen-bond donors (Lipinski definition) is 1. The molecule has 0 saturated heterocycles. The first-order valence-corrected chi connectivity index (χ1v) is 11.2. The van der Waals surface area contributed by atoms with Gasteiger partial charge in [-0.05, 0) is 29.8 Å². The van der Waals surface area contributed by atoms with E-state index in [2.05, 4.69) is 15.9 Å². The minimum Gasteiger partial charge on any atom is -0.772 e. The maximum Gasteiger partial charge on any atom is 0.341 e. The number of nitrogens with zero attached hydrogens (tertiary/aromatic N) is 1. The summed E-state index contributed by atoms with van der Waals surface area (Å²) in [5.41, 5.74) is 0.908. The summed E-state index contributed by atoms with van der Waals surface area (Å²) in [6, 6.07) is 10.5. The number of rotatable bonds is 7. The van der Waals surface area contributed by atoms with Gasteiger partial charge in [0.15, 0.2) is 0 Å². The molecule has 0 spiro atoms. The van der Waals surface area contributed by atoms with E-state index in [1.165, 1.54) is 35.0 Å². The van der Waals surface area contributed by atoms with E-state index in [1.807, 2.05) is 0 Å². The molecular formula is C17H13BrNO7S2-. The van der Waals surface area contributed by atoms with Gasteiger partial charge in [0.2, 0.25) is 0 Å². The highest BCUT2D eigenvalue weighted by molar-refractivity contribution is 9.10. The number of aliphatic carboxylic acids is 1. The van der Waals surface area contributed by atoms with Gasteiger partial charge in [-0.15, -0.1) is 0 Å². The molecule has 0 aliphatic rings. The zero-order valence-electron chi connectivity index (χ0n) is 14.1. The van der Waals surface area contributed by atoms with E-state index in [-0.39, 0.29) is 16.4 Å². The summed E-state index contributed by atoms with van der Waals surface area (Å²) in [4.78, 5) is 10.9. The van der Waals surface area contributed by atoms with Crippen molar-refractivity contribution in [1.82, 2.24) is 4.57 Å². The van der Waals surface area contributed by atoms with Crippen molar-refractivity contribution < 1.29 is 31.3 Å². The second-order valence-electron chi connectivity index (χ2n) is 5.78. The minimum absolute atomic E-state index is 0.00613. The average Bonchev–Trinajstić information content (AvgIpc) is 2.96. The molecule has 0 bridgehead atoms. The Morgan fingerprint density at radius 2 is 1.89 bits per heavy atom. The summed E-state index contributed by atoms with van der Waals surface area (Å²) >= 11 is 1.04. The van der Waals surface area contributed by atoms with Gasteiger partial charge in [0, 0.05) is 21.8 Å². The second-order valence-corrected chi connectivity index (χ2v) is 9.04. The third-order valence-electron chi connectivity index (χ3n) is 3.81. The molecule has 1 atom stereocenters. The quantitative estimate of drug-likeness (QED) is 0.401. The molecule has 0 fully saturated rings. The van der Waals surface area contributed by atoms with Gasteiger partial charge in [-0.3, -0.25) is 9.00 Å². The van der Waals surface area contributed by atoms with Gasteiger partial charge in [0.25, 0.3) is 0 Å². The first-order chi connectivity index (χ1) is 13.2. The van der Waals surface area contributed by atoms with Crippen molar-refractivity contribution >= 4 is 54.0 Å². The molecule has 11 heteroatoms. The van der Waals surface area contributed by atoms with E-state index in [9.17, 15) is 22.0 Å². The number of fused-ring (bicyclic) bond motifs is 1. The van der Waals surface area contributed by atoms with Crippen molar-refractivity contribution in [2.45, 2.75) is 17.2 Å². The van der Waals surface area contributed by atoms with Crippen molar-refractivity contribution in [1.29, 1.82) is 0 Å². The fraction of sp³-hybridized carbons (Fsp3) is 0.118. The first kappa shape index (κ1) is 20.5. The zero-order chi connectivity index (χ0) is 20.5. The smallest absolute Gasteiger partial charge is 0.341 e. The topological polar surface area (TPSA) is 126 Å². The third kappa shape index (κ3) is 4.43. The molecule has 8 nitrogen and oxygen atoms in total. The number of hydrogen-bond acceptors (Lipinski definition) is 6. The van der Waals surface area contributed by atoms with Crippen LogP contribution in [-0.4, -0.2) is 32.8 Å². The molecule has 148 valence electrons. The Bertz CT molecular complexity index is 1170. The Morgan fingerprint density at radius 1 is 1.21 bits per heavy atom. The lowest BCUT2D eigenvalue weighted by Gasteiger charge is -2.08. The molecule has 0 radical (unpaired) electrons. The highest BCUT2D eigenvalue weighted by Gasteiger charge is 2.25. The van der Waals surface area contributed by atoms with E-state index in [0.717, 1.165) is 0 Å².